The Bertz CT molecular complexity index is 950. The third-order valence-electron chi connectivity index (χ3n) is 3.94. The minimum absolute atomic E-state index is 0.0844. The summed E-state index contributed by atoms with van der Waals surface area (Å²) in [6.07, 6.45) is 0. The maximum absolute atomic E-state index is 9.75. The van der Waals surface area contributed by atoms with Gasteiger partial charge in [0.25, 0.3) is 0 Å². The van der Waals surface area contributed by atoms with Crippen molar-refractivity contribution in [2.75, 3.05) is 0 Å². The Morgan fingerprint density at radius 2 is 1.75 bits per heavy atom. The Hall–Kier alpha value is -1.90. The highest BCUT2D eigenvalue weighted by atomic mass is 32.1. The molecular formula is C18H14OS. The third-order valence-corrected chi connectivity index (χ3v) is 5.31. The average molecular weight is 278 g/mol. The molecule has 3 aromatic carbocycles. The van der Waals surface area contributed by atoms with Crippen LogP contribution in [0, 0.1) is 6.92 Å². The van der Waals surface area contributed by atoms with Gasteiger partial charge in [-0.3, -0.25) is 0 Å². The molecule has 0 fully saturated rings. The van der Waals surface area contributed by atoms with Crippen molar-refractivity contribution in [2.45, 2.75) is 13.5 Å². The van der Waals surface area contributed by atoms with E-state index < -0.39 is 0 Å². The van der Waals surface area contributed by atoms with Gasteiger partial charge in [0.1, 0.15) is 0 Å². The highest BCUT2D eigenvalue weighted by Crippen LogP contribution is 2.41. The SMILES string of the molecule is Cc1cccc2c1sc1c3ccccc3cc(CO)c21. The molecule has 98 valence electrons. The monoisotopic (exact) mass is 278 g/mol. The summed E-state index contributed by atoms with van der Waals surface area (Å²) in [5.41, 5.74) is 2.33. The zero-order valence-electron chi connectivity index (χ0n) is 11.2. The van der Waals surface area contributed by atoms with Gasteiger partial charge in [0.05, 0.1) is 6.61 Å². The van der Waals surface area contributed by atoms with Crippen LogP contribution in [0.2, 0.25) is 0 Å². The van der Waals surface area contributed by atoms with Gasteiger partial charge in [0.2, 0.25) is 0 Å². The zero-order chi connectivity index (χ0) is 13.7. The van der Waals surface area contributed by atoms with Crippen LogP contribution in [-0.4, -0.2) is 5.11 Å². The Balaban J connectivity index is 2.35. The van der Waals surface area contributed by atoms with E-state index in [1.54, 1.807) is 0 Å². The molecule has 0 saturated heterocycles. The lowest BCUT2D eigenvalue weighted by Crippen LogP contribution is -1.85. The van der Waals surface area contributed by atoms with Crippen molar-refractivity contribution in [2.24, 2.45) is 0 Å². The number of hydrogen-bond acceptors (Lipinski definition) is 2. The molecule has 0 spiro atoms. The lowest BCUT2D eigenvalue weighted by molar-refractivity contribution is 0.283. The van der Waals surface area contributed by atoms with Crippen molar-refractivity contribution >= 4 is 42.3 Å². The second-order valence-electron chi connectivity index (χ2n) is 5.17. The van der Waals surface area contributed by atoms with Crippen LogP contribution in [0.3, 0.4) is 0 Å². The van der Waals surface area contributed by atoms with Crippen LogP contribution in [0.5, 0.6) is 0 Å². The Labute approximate surface area is 121 Å². The summed E-state index contributed by atoms with van der Waals surface area (Å²) in [5, 5.41) is 14.7. The minimum Gasteiger partial charge on any atom is -0.392 e. The molecule has 1 nitrogen and oxygen atoms in total. The first-order valence-electron chi connectivity index (χ1n) is 6.73. The minimum atomic E-state index is 0.0844. The molecule has 1 aromatic heterocycles. The number of aliphatic hydroxyl groups is 1. The van der Waals surface area contributed by atoms with Gasteiger partial charge in [0.15, 0.2) is 0 Å². The third kappa shape index (κ3) is 1.52. The Morgan fingerprint density at radius 3 is 2.60 bits per heavy atom. The summed E-state index contributed by atoms with van der Waals surface area (Å²) < 4.78 is 2.62. The molecule has 4 rings (SSSR count). The number of aliphatic hydroxyl groups excluding tert-OH is 1. The molecule has 0 saturated carbocycles. The second kappa shape index (κ2) is 4.30. The molecular weight excluding hydrogens is 264 g/mol. The zero-order valence-corrected chi connectivity index (χ0v) is 12.0. The van der Waals surface area contributed by atoms with E-state index in [2.05, 4.69) is 49.4 Å². The lowest BCUT2D eigenvalue weighted by atomic mass is 10.0. The highest BCUT2D eigenvalue weighted by molar-refractivity contribution is 7.27. The van der Waals surface area contributed by atoms with Crippen molar-refractivity contribution in [3.05, 3.63) is 59.7 Å². The smallest absolute Gasteiger partial charge is 0.0688 e. The van der Waals surface area contributed by atoms with Gasteiger partial charge in [-0.05, 0) is 34.9 Å². The predicted molar refractivity (Wildman–Crippen MR) is 87.5 cm³/mol. The molecule has 0 unspecified atom stereocenters. The van der Waals surface area contributed by atoms with Crippen molar-refractivity contribution in [3.63, 3.8) is 0 Å². The number of hydrogen-bond donors (Lipinski definition) is 1. The molecule has 2 heteroatoms. The van der Waals surface area contributed by atoms with Crippen LogP contribution in [0.15, 0.2) is 48.5 Å². The van der Waals surface area contributed by atoms with Crippen LogP contribution in [0.4, 0.5) is 0 Å². The van der Waals surface area contributed by atoms with Gasteiger partial charge in [0, 0.05) is 20.2 Å². The maximum atomic E-state index is 9.75. The van der Waals surface area contributed by atoms with Crippen molar-refractivity contribution in [1.82, 2.24) is 0 Å². The summed E-state index contributed by atoms with van der Waals surface area (Å²) >= 11 is 1.84. The second-order valence-corrected chi connectivity index (χ2v) is 6.19. The molecule has 0 aliphatic heterocycles. The normalized spacial score (nSPS) is 11.7. The van der Waals surface area contributed by atoms with E-state index in [-0.39, 0.29) is 6.61 Å². The van der Waals surface area contributed by atoms with Gasteiger partial charge in [-0.1, -0.05) is 42.5 Å². The first-order chi connectivity index (χ1) is 9.79. The van der Waals surface area contributed by atoms with Crippen molar-refractivity contribution < 1.29 is 5.11 Å². The Morgan fingerprint density at radius 1 is 0.950 bits per heavy atom. The highest BCUT2D eigenvalue weighted by Gasteiger charge is 2.13. The van der Waals surface area contributed by atoms with E-state index in [1.165, 1.54) is 36.5 Å². The van der Waals surface area contributed by atoms with E-state index in [9.17, 15) is 5.11 Å². The maximum Gasteiger partial charge on any atom is 0.0688 e. The fourth-order valence-electron chi connectivity index (χ4n) is 2.98. The number of aryl methyl sites for hydroxylation is 1. The van der Waals surface area contributed by atoms with Gasteiger partial charge in [-0.2, -0.15) is 0 Å². The first-order valence-corrected chi connectivity index (χ1v) is 7.54. The quantitative estimate of drug-likeness (QED) is 0.519. The molecule has 0 bridgehead atoms. The van der Waals surface area contributed by atoms with Crippen LogP contribution >= 0.6 is 11.3 Å². The van der Waals surface area contributed by atoms with E-state index in [4.69, 9.17) is 0 Å². The molecule has 1 N–H and O–H groups in total. The molecule has 20 heavy (non-hydrogen) atoms. The van der Waals surface area contributed by atoms with E-state index in [0.717, 1.165) is 5.56 Å². The van der Waals surface area contributed by atoms with Gasteiger partial charge in [-0.15, -0.1) is 11.3 Å². The fraction of sp³-hybridized carbons (Fsp3) is 0.111. The molecule has 4 aromatic rings. The number of rotatable bonds is 1. The average Bonchev–Trinajstić information content (AvgIpc) is 2.88. The van der Waals surface area contributed by atoms with E-state index in [1.807, 2.05) is 17.4 Å². The Kier molecular flexibility index (Phi) is 2.56. The number of benzene rings is 3. The van der Waals surface area contributed by atoms with Crippen LogP contribution < -0.4 is 0 Å². The molecule has 0 atom stereocenters. The van der Waals surface area contributed by atoms with Gasteiger partial charge < -0.3 is 5.11 Å². The number of thiophene rings is 1. The van der Waals surface area contributed by atoms with Crippen LogP contribution in [-0.2, 0) is 6.61 Å². The molecule has 0 aliphatic carbocycles. The topological polar surface area (TPSA) is 20.2 Å². The molecule has 1 heterocycles. The van der Waals surface area contributed by atoms with Gasteiger partial charge >= 0.3 is 0 Å². The van der Waals surface area contributed by atoms with E-state index in [0.29, 0.717) is 0 Å². The first kappa shape index (κ1) is 11.9. The predicted octanol–water partition coefficient (Wildman–Crippen LogP) is 5.01. The molecule has 0 aliphatic rings. The van der Waals surface area contributed by atoms with Crippen molar-refractivity contribution in [1.29, 1.82) is 0 Å². The van der Waals surface area contributed by atoms with E-state index >= 15 is 0 Å². The standard InChI is InChI=1S/C18H14OS/c1-11-5-4-8-15-16-13(10-19)9-12-6-2-3-7-14(12)18(16)20-17(11)15/h2-9,19H,10H2,1H3. The lowest BCUT2D eigenvalue weighted by Gasteiger charge is -2.05. The fourth-order valence-corrected chi connectivity index (χ4v) is 4.34. The van der Waals surface area contributed by atoms with Crippen molar-refractivity contribution in [3.8, 4) is 0 Å². The van der Waals surface area contributed by atoms with Gasteiger partial charge in [-0.25, -0.2) is 0 Å². The summed E-state index contributed by atoms with van der Waals surface area (Å²) in [6, 6.07) is 16.9. The molecule has 0 radical (unpaired) electrons. The largest absolute Gasteiger partial charge is 0.392 e. The summed E-state index contributed by atoms with van der Waals surface area (Å²) in [7, 11) is 0. The van der Waals surface area contributed by atoms with Crippen LogP contribution in [0.25, 0.3) is 30.9 Å². The number of fused-ring (bicyclic) bond motifs is 5. The summed E-state index contributed by atoms with van der Waals surface area (Å²) in [5.74, 6) is 0. The summed E-state index contributed by atoms with van der Waals surface area (Å²) in [4.78, 5) is 0. The molecule has 0 amide bonds. The van der Waals surface area contributed by atoms with Crippen LogP contribution in [0.1, 0.15) is 11.1 Å². The summed E-state index contributed by atoms with van der Waals surface area (Å²) in [6.45, 7) is 2.24.